The summed E-state index contributed by atoms with van der Waals surface area (Å²) in [6.45, 7) is 4.88. The van der Waals surface area contributed by atoms with Crippen molar-refractivity contribution in [3.05, 3.63) is 29.3 Å². The monoisotopic (exact) mass is 261 g/mol. The molecule has 0 aliphatic carbocycles. The highest BCUT2D eigenvalue weighted by Gasteiger charge is 2.24. The summed E-state index contributed by atoms with van der Waals surface area (Å²) in [7, 11) is 0. The fourth-order valence-corrected chi connectivity index (χ4v) is 2.70. The molecule has 0 unspecified atom stereocenters. The molecular formula is C14H19N3O2. The van der Waals surface area contributed by atoms with Gasteiger partial charge in [0.15, 0.2) is 0 Å². The second-order valence-corrected chi connectivity index (χ2v) is 5.17. The van der Waals surface area contributed by atoms with E-state index in [0.29, 0.717) is 32.8 Å². The largest absolute Gasteiger partial charge is 0.399 e. The molecule has 0 spiro atoms. The fourth-order valence-electron chi connectivity index (χ4n) is 2.70. The molecule has 5 nitrogen and oxygen atoms in total. The number of nitrogen functional groups attached to an aromatic ring is 1. The van der Waals surface area contributed by atoms with E-state index in [4.69, 9.17) is 10.5 Å². The van der Waals surface area contributed by atoms with Crippen LogP contribution in [0, 0.1) is 0 Å². The Bertz CT molecular complexity index is 484. The number of hydrogen-bond donors (Lipinski definition) is 1. The number of nitrogens with two attached hydrogens (primary N) is 1. The second kappa shape index (κ2) is 5.19. The second-order valence-electron chi connectivity index (χ2n) is 5.17. The van der Waals surface area contributed by atoms with E-state index in [1.807, 2.05) is 17.0 Å². The Balaban J connectivity index is 1.59. The molecule has 2 aliphatic rings. The maximum atomic E-state index is 12.2. The maximum Gasteiger partial charge on any atom is 0.236 e. The normalized spacial score (nSPS) is 19.5. The van der Waals surface area contributed by atoms with Gasteiger partial charge in [0.1, 0.15) is 0 Å². The molecule has 19 heavy (non-hydrogen) atoms. The minimum Gasteiger partial charge on any atom is -0.399 e. The third-order valence-electron chi connectivity index (χ3n) is 3.74. The van der Waals surface area contributed by atoms with Gasteiger partial charge in [0, 0.05) is 31.9 Å². The predicted octanol–water partition coefficient (Wildman–Crippen LogP) is 0.443. The molecule has 2 heterocycles. The standard InChI is InChI=1S/C14H19N3O2/c15-13-2-1-11-8-16(9-12(11)7-13)10-14(18)17-3-5-19-6-4-17/h1-2,7H,3-6,8-10,15H2. The number of carbonyl (C=O) groups is 1. The van der Waals surface area contributed by atoms with Crippen molar-refractivity contribution in [3.63, 3.8) is 0 Å². The summed E-state index contributed by atoms with van der Waals surface area (Å²) in [4.78, 5) is 16.2. The fraction of sp³-hybridized carbons (Fsp3) is 0.500. The van der Waals surface area contributed by atoms with Gasteiger partial charge in [-0.05, 0) is 23.3 Å². The first-order chi connectivity index (χ1) is 9.22. The Morgan fingerprint density at radius 3 is 2.74 bits per heavy atom. The van der Waals surface area contributed by atoms with Gasteiger partial charge >= 0.3 is 0 Å². The van der Waals surface area contributed by atoms with Crippen LogP contribution in [0.1, 0.15) is 11.1 Å². The third kappa shape index (κ3) is 2.72. The van der Waals surface area contributed by atoms with Gasteiger partial charge < -0.3 is 15.4 Å². The Morgan fingerprint density at radius 1 is 1.21 bits per heavy atom. The number of fused-ring (bicyclic) bond motifs is 1. The molecule has 5 heteroatoms. The van der Waals surface area contributed by atoms with Crippen LogP contribution in [0.2, 0.25) is 0 Å². The number of amides is 1. The Kier molecular flexibility index (Phi) is 3.40. The Labute approximate surface area is 112 Å². The predicted molar refractivity (Wildman–Crippen MR) is 72.4 cm³/mol. The molecule has 0 radical (unpaired) electrons. The quantitative estimate of drug-likeness (QED) is 0.785. The summed E-state index contributed by atoms with van der Waals surface area (Å²) in [5.74, 6) is 0.198. The van der Waals surface area contributed by atoms with E-state index in [0.717, 1.165) is 18.8 Å². The van der Waals surface area contributed by atoms with Crippen LogP contribution in [0.15, 0.2) is 18.2 Å². The molecule has 102 valence electrons. The number of ether oxygens (including phenoxy) is 1. The minimum atomic E-state index is 0.198. The molecule has 1 saturated heterocycles. The van der Waals surface area contributed by atoms with Crippen molar-refractivity contribution in [2.75, 3.05) is 38.6 Å². The average Bonchev–Trinajstić information content (AvgIpc) is 2.81. The van der Waals surface area contributed by atoms with Crippen LogP contribution >= 0.6 is 0 Å². The average molecular weight is 261 g/mol. The van der Waals surface area contributed by atoms with Gasteiger partial charge in [-0.1, -0.05) is 6.07 Å². The molecule has 2 aliphatic heterocycles. The molecule has 3 rings (SSSR count). The molecule has 1 amide bonds. The molecule has 1 aromatic rings. The molecule has 1 fully saturated rings. The molecule has 2 N–H and O–H groups in total. The van der Waals surface area contributed by atoms with Crippen molar-refractivity contribution in [2.24, 2.45) is 0 Å². The van der Waals surface area contributed by atoms with Crippen molar-refractivity contribution in [1.82, 2.24) is 9.80 Å². The van der Waals surface area contributed by atoms with Gasteiger partial charge in [-0.2, -0.15) is 0 Å². The van der Waals surface area contributed by atoms with Crippen LogP contribution in [-0.4, -0.2) is 48.6 Å². The van der Waals surface area contributed by atoms with Crippen LogP contribution in [0.3, 0.4) is 0 Å². The first kappa shape index (κ1) is 12.4. The lowest BCUT2D eigenvalue weighted by Gasteiger charge is -2.28. The molecule has 0 saturated carbocycles. The zero-order chi connectivity index (χ0) is 13.2. The molecule has 0 bridgehead atoms. The zero-order valence-electron chi connectivity index (χ0n) is 11.0. The Morgan fingerprint density at radius 2 is 1.95 bits per heavy atom. The van der Waals surface area contributed by atoms with Crippen LogP contribution in [0.4, 0.5) is 5.69 Å². The molecule has 1 aromatic carbocycles. The first-order valence-corrected chi connectivity index (χ1v) is 6.67. The first-order valence-electron chi connectivity index (χ1n) is 6.67. The third-order valence-corrected chi connectivity index (χ3v) is 3.74. The van der Waals surface area contributed by atoms with Gasteiger partial charge in [-0.25, -0.2) is 0 Å². The summed E-state index contributed by atoms with van der Waals surface area (Å²) in [5.41, 5.74) is 9.11. The summed E-state index contributed by atoms with van der Waals surface area (Å²) in [6, 6.07) is 5.99. The number of rotatable bonds is 2. The van der Waals surface area contributed by atoms with Crippen molar-refractivity contribution >= 4 is 11.6 Å². The SMILES string of the molecule is Nc1ccc2c(c1)CN(CC(=O)N1CCOCC1)C2. The Hall–Kier alpha value is -1.59. The van der Waals surface area contributed by atoms with Gasteiger partial charge in [0.2, 0.25) is 5.91 Å². The molecule has 0 aromatic heterocycles. The van der Waals surface area contributed by atoms with Crippen molar-refractivity contribution in [2.45, 2.75) is 13.1 Å². The van der Waals surface area contributed by atoms with E-state index in [-0.39, 0.29) is 5.91 Å². The number of anilines is 1. The van der Waals surface area contributed by atoms with E-state index in [9.17, 15) is 4.79 Å². The lowest BCUT2D eigenvalue weighted by molar-refractivity contribution is -0.136. The van der Waals surface area contributed by atoms with Gasteiger partial charge in [-0.15, -0.1) is 0 Å². The molecular weight excluding hydrogens is 242 g/mol. The minimum absolute atomic E-state index is 0.198. The van der Waals surface area contributed by atoms with E-state index >= 15 is 0 Å². The topological polar surface area (TPSA) is 58.8 Å². The van der Waals surface area contributed by atoms with E-state index in [1.165, 1.54) is 11.1 Å². The summed E-state index contributed by atoms with van der Waals surface area (Å²) >= 11 is 0. The van der Waals surface area contributed by atoms with E-state index in [2.05, 4.69) is 11.0 Å². The summed E-state index contributed by atoms with van der Waals surface area (Å²) in [5, 5.41) is 0. The highest BCUT2D eigenvalue weighted by molar-refractivity contribution is 5.78. The summed E-state index contributed by atoms with van der Waals surface area (Å²) < 4.78 is 5.26. The lowest BCUT2D eigenvalue weighted by atomic mass is 10.1. The van der Waals surface area contributed by atoms with Crippen LogP contribution < -0.4 is 5.73 Å². The molecule has 0 atom stereocenters. The number of morpholine rings is 1. The van der Waals surface area contributed by atoms with Crippen molar-refractivity contribution < 1.29 is 9.53 Å². The van der Waals surface area contributed by atoms with Gasteiger partial charge in [0.25, 0.3) is 0 Å². The number of benzene rings is 1. The van der Waals surface area contributed by atoms with Crippen molar-refractivity contribution in [1.29, 1.82) is 0 Å². The summed E-state index contributed by atoms with van der Waals surface area (Å²) in [6.07, 6.45) is 0. The van der Waals surface area contributed by atoms with Gasteiger partial charge in [-0.3, -0.25) is 9.69 Å². The number of nitrogens with zero attached hydrogens (tertiary/aromatic N) is 2. The van der Waals surface area contributed by atoms with Crippen LogP contribution in [-0.2, 0) is 22.6 Å². The number of carbonyl (C=O) groups excluding carboxylic acids is 1. The zero-order valence-corrected chi connectivity index (χ0v) is 11.0. The maximum absolute atomic E-state index is 12.2. The van der Waals surface area contributed by atoms with Crippen LogP contribution in [0.25, 0.3) is 0 Å². The van der Waals surface area contributed by atoms with Crippen molar-refractivity contribution in [3.8, 4) is 0 Å². The van der Waals surface area contributed by atoms with Crippen LogP contribution in [0.5, 0.6) is 0 Å². The lowest BCUT2D eigenvalue weighted by Crippen LogP contribution is -2.44. The smallest absolute Gasteiger partial charge is 0.236 e. The van der Waals surface area contributed by atoms with E-state index < -0.39 is 0 Å². The highest BCUT2D eigenvalue weighted by atomic mass is 16.5. The van der Waals surface area contributed by atoms with Gasteiger partial charge in [0.05, 0.1) is 19.8 Å². The number of hydrogen-bond acceptors (Lipinski definition) is 4. The highest BCUT2D eigenvalue weighted by Crippen LogP contribution is 2.24. The van der Waals surface area contributed by atoms with E-state index in [1.54, 1.807) is 0 Å².